The highest BCUT2D eigenvalue weighted by molar-refractivity contribution is 5.66. The van der Waals surface area contributed by atoms with Gasteiger partial charge in [0, 0.05) is 19.3 Å². The van der Waals surface area contributed by atoms with Crippen LogP contribution >= 0.6 is 0 Å². The van der Waals surface area contributed by atoms with Crippen molar-refractivity contribution in [1.82, 2.24) is 0 Å². The van der Waals surface area contributed by atoms with E-state index in [1.54, 1.807) is 0 Å². The summed E-state index contributed by atoms with van der Waals surface area (Å²) in [4.78, 5) is 10.3. The van der Waals surface area contributed by atoms with Gasteiger partial charge in [-0.15, -0.1) is 11.8 Å². The minimum absolute atomic E-state index is 0.311. The lowest BCUT2D eigenvalue weighted by molar-refractivity contribution is -0.137. The van der Waals surface area contributed by atoms with E-state index in [0.29, 0.717) is 6.42 Å². The third-order valence-electron chi connectivity index (χ3n) is 3.14. The number of unbranched alkanes of at least 4 members (excludes halogenated alkanes) is 8. The molecule has 0 amide bonds. The summed E-state index contributed by atoms with van der Waals surface area (Å²) >= 11 is 0. The molecule has 0 unspecified atom stereocenters. The van der Waals surface area contributed by atoms with Crippen LogP contribution in [0.25, 0.3) is 0 Å². The summed E-state index contributed by atoms with van der Waals surface area (Å²) in [6.45, 7) is 2.21. The fourth-order valence-corrected chi connectivity index (χ4v) is 1.91. The van der Waals surface area contributed by atoms with Crippen LogP contribution in [-0.4, -0.2) is 11.1 Å². The molecule has 20 heavy (non-hydrogen) atoms. The van der Waals surface area contributed by atoms with Crippen LogP contribution in [0.4, 0.5) is 0 Å². The van der Waals surface area contributed by atoms with Crippen LogP contribution < -0.4 is 0 Å². The summed E-state index contributed by atoms with van der Waals surface area (Å²) in [5.41, 5.74) is 0. The van der Waals surface area contributed by atoms with Gasteiger partial charge < -0.3 is 5.11 Å². The lowest BCUT2D eigenvalue weighted by atomic mass is 10.1. The number of aliphatic carboxylic acids is 1. The molecule has 0 saturated carbocycles. The Balaban J connectivity index is 3.21. The van der Waals surface area contributed by atoms with Gasteiger partial charge in [0.1, 0.15) is 0 Å². The van der Waals surface area contributed by atoms with Crippen molar-refractivity contribution in [2.45, 2.75) is 84.0 Å². The maximum Gasteiger partial charge on any atom is 0.303 e. The first-order valence-corrected chi connectivity index (χ1v) is 8.10. The van der Waals surface area contributed by atoms with Crippen LogP contribution in [0.1, 0.15) is 84.0 Å². The molecule has 114 valence electrons. The normalized spacial score (nSPS) is 10.4. The highest BCUT2D eigenvalue weighted by atomic mass is 16.4. The molecule has 1 N–H and O–H groups in total. The van der Waals surface area contributed by atoms with Crippen molar-refractivity contribution >= 4 is 5.97 Å². The summed E-state index contributed by atoms with van der Waals surface area (Å²) < 4.78 is 0. The molecule has 0 aliphatic rings. The van der Waals surface area contributed by atoms with Crippen LogP contribution in [-0.2, 0) is 4.79 Å². The molecule has 0 aliphatic carbocycles. The average Bonchev–Trinajstić information content (AvgIpc) is 2.43. The molecule has 2 heteroatoms. The Morgan fingerprint density at radius 3 is 2.30 bits per heavy atom. The monoisotopic (exact) mass is 278 g/mol. The first-order valence-electron chi connectivity index (χ1n) is 8.10. The van der Waals surface area contributed by atoms with Gasteiger partial charge in [-0.25, -0.2) is 0 Å². The molecular weight excluding hydrogens is 248 g/mol. The van der Waals surface area contributed by atoms with Crippen molar-refractivity contribution in [3.05, 3.63) is 12.2 Å². The van der Waals surface area contributed by atoms with Crippen LogP contribution in [0.2, 0.25) is 0 Å². The quantitative estimate of drug-likeness (QED) is 0.297. The molecule has 0 aliphatic heterocycles. The van der Waals surface area contributed by atoms with Crippen LogP contribution in [0.3, 0.4) is 0 Å². The predicted octanol–water partition coefficient (Wildman–Crippen LogP) is 5.33. The maximum atomic E-state index is 10.3. The summed E-state index contributed by atoms with van der Waals surface area (Å²) in [5.74, 6) is 5.75. The minimum atomic E-state index is -0.681. The SMILES string of the molecule is CCCCC=CCCC#CCCCCCCCC(=O)O. The van der Waals surface area contributed by atoms with Crippen molar-refractivity contribution in [3.63, 3.8) is 0 Å². The van der Waals surface area contributed by atoms with Crippen LogP contribution in [0, 0.1) is 11.8 Å². The van der Waals surface area contributed by atoms with Crippen molar-refractivity contribution in [3.8, 4) is 11.8 Å². The molecule has 0 spiro atoms. The topological polar surface area (TPSA) is 37.3 Å². The zero-order chi connectivity index (χ0) is 14.9. The third-order valence-corrected chi connectivity index (χ3v) is 3.14. The third kappa shape index (κ3) is 16.8. The summed E-state index contributed by atoms with van der Waals surface area (Å²) in [6, 6.07) is 0. The van der Waals surface area contributed by atoms with E-state index in [1.807, 2.05) is 0 Å². The number of hydrogen-bond donors (Lipinski definition) is 1. The molecule has 0 saturated heterocycles. The minimum Gasteiger partial charge on any atom is -0.481 e. The molecular formula is C18H30O2. The lowest BCUT2D eigenvalue weighted by Gasteiger charge is -1.97. The second-order valence-corrected chi connectivity index (χ2v) is 5.17. The number of rotatable bonds is 12. The van der Waals surface area contributed by atoms with E-state index in [1.165, 1.54) is 25.7 Å². The van der Waals surface area contributed by atoms with Gasteiger partial charge in [-0.1, -0.05) is 51.2 Å². The second-order valence-electron chi connectivity index (χ2n) is 5.17. The maximum absolute atomic E-state index is 10.3. The van der Waals surface area contributed by atoms with E-state index >= 15 is 0 Å². The standard InChI is InChI=1S/C18H30O2/c1-2-3-4-5-6-7-8-9-10-11-12-13-14-15-16-17-18(19)20/h5-6H,2-4,7-8,11-17H2,1H3,(H,19,20). The molecule has 0 fully saturated rings. The van der Waals surface area contributed by atoms with E-state index in [4.69, 9.17) is 5.11 Å². The Labute approximate surface area is 124 Å². The number of carboxylic acids is 1. The fraction of sp³-hybridized carbons (Fsp3) is 0.722. The Kier molecular flexibility index (Phi) is 14.9. The zero-order valence-electron chi connectivity index (χ0n) is 13.0. The largest absolute Gasteiger partial charge is 0.481 e. The van der Waals surface area contributed by atoms with E-state index in [-0.39, 0.29) is 0 Å². The molecule has 0 atom stereocenters. The smallest absolute Gasteiger partial charge is 0.303 e. The van der Waals surface area contributed by atoms with Gasteiger partial charge >= 0.3 is 5.97 Å². The van der Waals surface area contributed by atoms with Crippen LogP contribution in [0.15, 0.2) is 12.2 Å². The summed E-state index contributed by atoms with van der Waals surface area (Å²) in [6.07, 6.45) is 16.9. The molecule has 0 radical (unpaired) electrons. The van der Waals surface area contributed by atoms with Crippen LogP contribution in [0.5, 0.6) is 0 Å². The molecule has 0 bridgehead atoms. The first kappa shape index (κ1) is 18.8. The van der Waals surface area contributed by atoms with Gasteiger partial charge in [0.05, 0.1) is 0 Å². The molecule has 0 aromatic rings. The Morgan fingerprint density at radius 1 is 0.900 bits per heavy atom. The lowest BCUT2D eigenvalue weighted by Crippen LogP contribution is -1.93. The van der Waals surface area contributed by atoms with Gasteiger partial charge in [-0.05, 0) is 25.7 Å². The van der Waals surface area contributed by atoms with E-state index in [0.717, 1.165) is 44.9 Å². The number of hydrogen-bond acceptors (Lipinski definition) is 1. The van der Waals surface area contributed by atoms with E-state index in [9.17, 15) is 4.79 Å². The van der Waals surface area contributed by atoms with Gasteiger partial charge in [0.2, 0.25) is 0 Å². The van der Waals surface area contributed by atoms with Crippen molar-refractivity contribution < 1.29 is 9.90 Å². The van der Waals surface area contributed by atoms with Gasteiger partial charge in [-0.2, -0.15) is 0 Å². The Bertz CT molecular complexity index is 307. The van der Waals surface area contributed by atoms with Gasteiger partial charge in [0.25, 0.3) is 0 Å². The number of allylic oxidation sites excluding steroid dienone is 2. The molecule has 0 heterocycles. The first-order chi connectivity index (χ1) is 9.77. The van der Waals surface area contributed by atoms with Gasteiger partial charge in [-0.3, -0.25) is 4.79 Å². The highest BCUT2D eigenvalue weighted by Crippen LogP contribution is 2.06. The molecule has 0 aromatic heterocycles. The Morgan fingerprint density at radius 2 is 1.55 bits per heavy atom. The fourth-order valence-electron chi connectivity index (χ4n) is 1.91. The highest BCUT2D eigenvalue weighted by Gasteiger charge is 1.95. The van der Waals surface area contributed by atoms with Gasteiger partial charge in [0.15, 0.2) is 0 Å². The van der Waals surface area contributed by atoms with E-state index < -0.39 is 5.97 Å². The van der Waals surface area contributed by atoms with Crippen molar-refractivity contribution in [2.75, 3.05) is 0 Å². The average molecular weight is 278 g/mol. The summed E-state index contributed by atoms with van der Waals surface area (Å²) in [5, 5.41) is 8.49. The molecule has 2 nitrogen and oxygen atoms in total. The van der Waals surface area contributed by atoms with Crippen molar-refractivity contribution in [1.29, 1.82) is 0 Å². The molecule has 0 aromatic carbocycles. The van der Waals surface area contributed by atoms with E-state index in [2.05, 4.69) is 30.9 Å². The Hall–Kier alpha value is -1.23. The number of carboxylic acid groups (broad SMARTS) is 1. The summed E-state index contributed by atoms with van der Waals surface area (Å²) in [7, 11) is 0. The second kappa shape index (κ2) is 15.8. The van der Waals surface area contributed by atoms with Crippen molar-refractivity contribution in [2.24, 2.45) is 0 Å². The molecule has 0 rings (SSSR count). The number of carbonyl (C=O) groups is 1. The zero-order valence-corrected chi connectivity index (χ0v) is 13.0. The predicted molar refractivity (Wildman–Crippen MR) is 85.6 cm³/mol.